The van der Waals surface area contributed by atoms with Crippen LogP contribution >= 0.6 is 0 Å². The SMILES string of the molecule is CCOc1ccccc1Cn1nnc(N)c1C(C)C. The summed E-state index contributed by atoms with van der Waals surface area (Å²) in [5.41, 5.74) is 7.91. The number of ether oxygens (including phenoxy) is 1. The maximum atomic E-state index is 5.87. The van der Waals surface area contributed by atoms with Gasteiger partial charge in [0, 0.05) is 5.56 Å². The molecule has 1 aromatic heterocycles. The van der Waals surface area contributed by atoms with Crippen molar-refractivity contribution in [2.45, 2.75) is 33.2 Å². The van der Waals surface area contributed by atoms with Crippen molar-refractivity contribution in [1.82, 2.24) is 15.0 Å². The molecule has 0 saturated carbocycles. The summed E-state index contributed by atoms with van der Waals surface area (Å²) in [6.45, 7) is 7.41. The fourth-order valence-electron chi connectivity index (χ4n) is 2.14. The number of para-hydroxylation sites is 1. The average molecular weight is 260 g/mol. The largest absolute Gasteiger partial charge is 0.494 e. The van der Waals surface area contributed by atoms with E-state index in [1.165, 1.54) is 0 Å². The zero-order valence-corrected chi connectivity index (χ0v) is 11.6. The van der Waals surface area contributed by atoms with Crippen LogP contribution in [-0.2, 0) is 6.54 Å². The molecule has 0 spiro atoms. The highest BCUT2D eigenvalue weighted by Gasteiger charge is 2.15. The molecule has 0 amide bonds. The van der Waals surface area contributed by atoms with E-state index in [2.05, 4.69) is 24.2 Å². The molecule has 1 heterocycles. The van der Waals surface area contributed by atoms with E-state index in [1.54, 1.807) is 0 Å². The first kappa shape index (κ1) is 13.4. The Hall–Kier alpha value is -2.04. The molecule has 0 aliphatic carbocycles. The van der Waals surface area contributed by atoms with E-state index in [4.69, 9.17) is 10.5 Å². The summed E-state index contributed by atoms with van der Waals surface area (Å²) in [7, 11) is 0. The molecular formula is C14H20N4O. The number of nitrogens with two attached hydrogens (primary N) is 1. The van der Waals surface area contributed by atoms with Gasteiger partial charge in [-0.1, -0.05) is 37.3 Å². The van der Waals surface area contributed by atoms with Gasteiger partial charge in [0.25, 0.3) is 0 Å². The Kier molecular flexibility index (Phi) is 4.04. The van der Waals surface area contributed by atoms with Crippen molar-refractivity contribution in [2.24, 2.45) is 0 Å². The van der Waals surface area contributed by atoms with Crippen molar-refractivity contribution in [3.05, 3.63) is 35.5 Å². The summed E-state index contributed by atoms with van der Waals surface area (Å²) in [6.07, 6.45) is 0. The first-order chi connectivity index (χ1) is 9.13. The Morgan fingerprint density at radius 3 is 2.74 bits per heavy atom. The Labute approximate surface area is 113 Å². The second-order valence-electron chi connectivity index (χ2n) is 4.71. The summed E-state index contributed by atoms with van der Waals surface area (Å²) >= 11 is 0. The highest BCUT2D eigenvalue weighted by molar-refractivity contribution is 5.37. The second-order valence-corrected chi connectivity index (χ2v) is 4.71. The smallest absolute Gasteiger partial charge is 0.169 e. The van der Waals surface area contributed by atoms with Gasteiger partial charge in [0.15, 0.2) is 5.82 Å². The predicted octanol–water partition coefficient (Wildman–Crippen LogP) is 2.43. The third-order valence-electron chi connectivity index (χ3n) is 2.94. The highest BCUT2D eigenvalue weighted by atomic mass is 16.5. The second kappa shape index (κ2) is 5.73. The highest BCUT2D eigenvalue weighted by Crippen LogP contribution is 2.23. The van der Waals surface area contributed by atoms with Crippen LogP contribution in [0.4, 0.5) is 5.82 Å². The molecule has 0 aliphatic heterocycles. The molecular weight excluding hydrogens is 240 g/mol. The van der Waals surface area contributed by atoms with Gasteiger partial charge in [-0.2, -0.15) is 0 Å². The Balaban J connectivity index is 2.31. The third kappa shape index (κ3) is 2.86. The van der Waals surface area contributed by atoms with Crippen LogP contribution in [0.2, 0.25) is 0 Å². The first-order valence-corrected chi connectivity index (χ1v) is 6.53. The Morgan fingerprint density at radius 2 is 2.05 bits per heavy atom. The minimum absolute atomic E-state index is 0.286. The van der Waals surface area contributed by atoms with Gasteiger partial charge in [-0.25, -0.2) is 4.68 Å². The Bertz CT molecular complexity index is 548. The molecule has 2 rings (SSSR count). The van der Waals surface area contributed by atoms with Crippen LogP contribution in [-0.4, -0.2) is 21.6 Å². The summed E-state index contributed by atoms with van der Waals surface area (Å²) in [6, 6.07) is 7.96. The third-order valence-corrected chi connectivity index (χ3v) is 2.94. The predicted molar refractivity (Wildman–Crippen MR) is 75.2 cm³/mol. The zero-order valence-electron chi connectivity index (χ0n) is 11.6. The van der Waals surface area contributed by atoms with Gasteiger partial charge in [-0.3, -0.25) is 0 Å². The lowest BCUT2D eigenvalue weighted by Gasteiger charge is -2.13. The van der Waals surface area contributed by atoms with Crippen molar-refractivity contribution in [3.8, 4) is 5.75 Å². The van der Waals surface area contributed by atoms with Gasteiger partial charge in [0.05, 0.1) is 18.8 Å². The van der Waals surface area contributed by atoms with E-state index in [0.29, 0.717) is 19.0 Å². The van der Waals surface area contributed by atoms with Crippen molar-refractivity contribution < 1.29 is 4.74 Å². The summed E-state index contributed by atoms with van der Waals surface area (Å²) in [5.74, 6) is 1.67. The van der Waals surface area contributed by atoms with Gasteiger partial charge >= 0.3 is 0 Å². The molecule has 0 saturated heterocycles. The molecule has 0 aliphatic rings. The van der Waals surface area contributed by atoms with E-state index in [9.17, 15) is 0 Å². The summed E-state index contributed by atoms with van der Waals surface area (Å²) in [5, 5.41) is 8.08. The van der Waals surface area contributed by atoms with Gasteiger partial charge < -0.3 is 10.5 Å². The van der Waals surface area contributed by atoms with E-state index < -0.39 is 0 Å². The van der Waals surface area contributed by atoms with Crippen molar-refractivity contribution in [3.63, 3.8) is 0 Å². The van der Waals surface area contributed by atoms with E-state index in [0.717, 1.165) is 17.0 Å². The van der Waals surface area contributed by atoms with E-state index in [1.807, 2.05) is 35.9 Å². The number of rotatable bonds is 5. The van der Waals surface area contributed by atoms with Crippen molar-refractivity contribution >= 4 is 5.82 Å². The van der Waals surface area contributed by atoms with Crippen molar-refractivity contribution in [2.75, 3.05) is 12.3 Å². The standard InChI is InChI=1S/C14H20N4O/c1-4-19-12-8-6-5-7-11(12)9-18-13(10(2)3)14(15)16-17-18/h5-8,10H,4,9,15H2,1-3H3. The molecule has 102 valence electrons. The quantitative estimate of drug-likeness (QED) is 0.896. The number of nitrogens with zero attached hydrogens (tertiary/aromatic N) is 3. The fourth-order valence-corrected chi connectivity index (χ4v) is 2.14. The average Bonchev–Trinajstić information content (AvgIpc) is 2.73. The van der Waals surface area contributed by atoms with Crippen LogP contribution < -0.4 is 10.5 Å². The Morgan fingerprint density at radius 1 is 1.32 bits per heavy atom. The normalized spacial score (nSPS) is 10.9. The van der Waals surface area contributed by atoms with Crippen LogP contribution in [0.5, 0.6) is 5.75 Å². The van der Waals surface area contributed by atoms with Gasteiger partial charge in [-0.05, 0) is 18.9 Å². The maximum Gasteiger partial charge on any atom is 0.169 e. The van der Waals surface area contributed by atoms with Crippen LogP contribution in [0.3, 0.4) is 0 Å². The lowest BCUT2D eigenvalue weighted by Crippen LogP contribution is -2.10. The maximum absolute atomic E-state index is 5.87. The topological polar surface area (TPSA) is 66.0 Å². The zero-order chi connectivity index (χ0) is 13.8. The molecule has 2 aromatic rings. The van der Waals surface area contributed by atoms with Gasteiger partial charge in [0.2, 0.25) is 0 Å². The van der Waals surface area contributed by atoms with Crippen LogP contribution in [0, 0.1) is 0 Å². The molecule has 0 bridgehead atoms. The number of anilines is 1. The molecule has 0 radical (unpaired) electrons. The molecule has 2 N–H and O–H groups in total. The van der Waals surface area contributed by atoms with Crippen LogP contribution in [0.1, 0.15) is 37.9 Å². The van der Waals surface area contributed by atoms with E-state index >= 15 is 0 Å². The lowest BCUT2D eigenvalue weighted by molar-refractivity contribution is 0.335. The molecule has 0 fully saturated rings. The number of benzene rings is 1. The number of hydrogen-bond donors (Lipinski definition) is 1. The molecule has 0 unspecified atom stereocenters. The first-order valence-electron chi connectivity index (χ1n) is 6.53. The number of aromatic nitrogens is 3. The van der Waals surface area contributed by atoms with Crippen molar-refractivity contribution in [1.29, 1.82) is 0 Å². The minimum atomic E-state index is 0.286. The summed E-state index contributed by atoms with van der Waals surface area (Å²) < 4.78 is 7.47. The molecule has 0 atom stereocenters. The van der Waals surface area contributed by atoms with Crippen LogP contribution in [0.15, 0.2) is 24.3 Å². The molecule has 5 nitrogen and oxygen atoms in total. The lowest BCUT2D eigenvalue weighted by atomic mass is 10.1. The summed E-state index contributed by atoms with van der Waals surface area (Å²) in [4.78, 5) is 0. The number of nitrogen functional groups attached to an aromatic ring is 1. The van der Waals surface area contributed by atoms with Gasteiger partial charge in [-0.15, -0.1) is 5.10 Å². The molecule has 1 aromatic carbocycles. The monoisotopic (exact) mass is 260 g/mol. The van der Waals surface area contributed by atoms with Crippen LogP contribution in [0.25, 0.3) is 0 Å². The molecule has 19 heavy (non-hydrogen) atoms. The fraction of sp³-hybridized carbons (Fsp3) is 0.429. The van der Waals surface area contributed by atoms with E-state index in [-0.39, 0.29) is 5.92 Å². The van der Waals surface area contributed by atoms with Gasteiger partial charge in [0.1, 0.15) is 5.75 Å². The molecule has 5 heteroatoms. The number of hydrogen-bond acceptors (Lipinski definition) is 4. The minimum Gasteiger partial charge on any atom is -0.494 e.